The van der Waals surface area contributed by atoms with E-state index in [1.54, 1.807) is 0 Å². The Morgan fingerprint density at radius 1 is 1.35 bits per heavy atom. The Morgan fingerprint density at radius 3 is 2.35 bits per heavy atom. The molecule has 0 bridgehead atoms. The maximum atomic E-state index is 11.8. The zero-order valence-electron chi connectivity index (χ0n) is 9.92. The summed E-state index contributed by atoms with van der Waals surface area (Å²) >= 11 is 0. The zero-order chi connectivity index (χ0) is 13.1. The Balaban J connectivity index is 2.49. The molecule has 0 aromatic heterocycles. The molecule has 1 aliphatic heterocycles. The Kier molecular flexibility index (Phi) is 4.94. The van der Waals surface area contributed by atoms with Crippen LogP contribution >= 0.6 is 0 Å². The van der Waals surface area contributed by atoms with Crippen molar-refractivity contribution in [3.63, 3.8) is 0 Å². The highest BCUT2D eigenvalue weighted by Crippen LogP contribution is 2.18. The summed E-state index contributed by atoms with van der Waals surface area (Å²) in [5, 5.41) is -0.584. The van der Waals surface area contributed by atoms with E-state index in [9.17, 15) is 16.8 Å². The minimum absolute atomic E-state index is 0.0358. The van der Waals surface area contributed by atoms with Crippen molar-refractivity contribution in [1.82, 2.24) is 4.72 Å². The second kappa shape index (κ2) is 5.64. The molecule has 102 valence electrons. The molecule has 0 aromatic rings. The van der Waals surface area contributed by atoms with Gasteiger partial charge in [0.2, 0.25) is 10.0 Å². The highest BCUT2D eigenvalue weighted by molar-refractivity contribution is 7.92. The van der Waals surface area contributed by atoms with E-state index in [1.807, 2.05) is 6.92 Å². The Hall–Kier alpha value is -0.180. The molecule has 0 spiro atoms. The van der Waals surface area contributed by atoms with E-state index in [1.165, 1.54) is 0 Å². The number of sulfonamides is 1. The van der Waals surface area contributed by atoms with Crippen molar-refractivity contribution in [2.24, 2.45) is 5.73 Å². The first-order valence-corrected chi connectivity index (χ1v) is 9.04. The van der Waals surface area contributed by atoms with Gasteiger partial charge >= 0.3 is 0 Å². The average molecular weight is 284 g/mol. The van der Waals surface area contributed by atoms with Crippen LogP contribution in [0.4, 0.5) is 0 Å². The van der Waals surface area contributed by atoms with Crippen molar-refractivity contribution in [3.8, 4) is 0 Å². The van der Waals surface area contributed by atoms with Crippen LogP contribution in [0.1, 0.15) is 26.2 Å². The van der Waals surface area contributed by atoms with Gasteiger partial charge in [-0.1, -0.05) is 0 Å². The third-order valence-electron chi connectivity index (χ3n) is 2.84. The smallest absolute Gasteiger partial charge is 0.214 e. The van der Waals surface area contributed by atoms with E-state index in [4.69, 9.17) is 5.73 Å². The van der Waals surface area contributed by atoms with Gasteiger partial charge in [0.15, 0.2) is 0 Å². The molecule has 1 fully saturated rings. The SMILES string of the molecule is CC(N)CCNS(=O)(=O)C1CCS(=O)(=O)CC1. The molecule has 0 aliphatic carbocycles. The highest BCUT2D eigenvalue weighted by Gasteiger charge is 2.32. The Bertz CT molecular complexity index is 428. The minimum Gasteiger partial charge on any atom is -0.328 e. The van der Waals surface area contributed by atoms with Crippen molar-refractivity contribution in [2.45, 2.75) is 37.5 Å². The lowest BCUT2D eigenvalue weighted by Crippen LogP contribution is -2.40. The Labute approximate surface area is 103 Å². The summed E-state index contributed by atoms with van der Waals surface area (Å²) in [5.41, 5.74) is 5.52. The maximum Gasteiger partial charge on any atom is 0.214 e. The van der Waals surface area contributed by atoms with E-state index in [0.29, 0.717) is 13.0 Å². The summed E-state index contributed by atoms with van der Waals surface area (Å²) in [6.45, 7) is 2.12. The van der Waals surface area contributed by atoms with Crippen LogP contribution in [0, 0.1) is 0 Å². The van der Waals surface area contributed by atoms with Crippen LogP contribution in [0.5, 0.6) is 0 Å². The zero-order valence-corrected chi connectivity index (χ0v) is 11.6. The predicted molar refractivity (Wildman–Crippen MR) is 66.9 cm³/mol. The number of nitrogens with one attached hydrogen (secondary N) is 1. The molecule has 0 saturated carbocycles. The monoisotopic (exact) mass is 284 g/mol. The van der Waals surface area contributed by atoms with Gasteiger partial charge < -0.3 is 5.73 Å². The van der Waals surface area contributed by atoms with Crippen molar-refractivity contribution < 1.29 is 16.8 Å². The minimum atomic E-state index is -3.40. The molecule has 1 heterocycles. The average Bonchev–Trinajstić information content (AvgIpc) is 2.15. The van der Waals surface area contributed by atoms with E-state index >= 15 is 0 Å². The number of nitrogens with two attached hydrogens (primary N) is 1. The standard InChI is InChI=1S/C9H20N2O4S2/c1-8(10)2-5-11-17(14,15)9-3-6-16(12,13)7-4-9/h8-9,11H,2-7,10H2,1H3. The predicted octanol–water partition coefficient (Wildman–Crippen LogP) is -0.780. The second-order valence-corrected chi connectivity index (χ2v) is 8.91. The van der Waals surface area contributed by atoms with Gasteiger partial charge in [0, 0.05) is 12.6 Å². The second-order valence-electron chi connectivity index (χ2n) is 4.56. The summed E-state index contributed by atoms with van der Waals surface area (Å²) in [6, 6.07) is -0.0515. The first-order valence-electron chi connectivity index (χ1n) is 5.67. The lowest BCUT2D eigenvalue weighted by atomic mass is 10.2. The van der Waals surface area contributed by atoms with Crippen LogP contribution < -0.4 is 10.5 Å². The van der Waals surface area contributed by atoms with Crippen LogP contribution in [0.2, 0.25) is 0 Å². The van der Waals surface area contributed by atoms with Gasteiger partial charge in [-0.2, -0.15) is 0 Å². The first-order chi connectivity index (χ1) is 7.73. The van der Waals surface area contributed by atoms with Crippen molar-refractivity contribution in [2.75, 3.05) is 18.1 Å². The molecule has 0 aromatic carbocycles. The van der Waals surface area contributed by atoms with E-state index in [-0.39, 0.29) is 30.4 Å². The van der Waals surface area contributed by atoms with E-state index < -0.39 is 25.1 Å². The summed E-state index contributed by atoms with van der Waals surface area (Å²) in [6.07, 6.45) is 0.954. The quantitative estimate of drug-likeness (QED) is 0.689. The van der Waals surface area contributed by atoms with Gasteiger partial charge in [-0.3, -0.25) is 0 Å². The summed E-state index contributed by atoms with van der Waals surface area (Å²) in [5.74, 6) is -0.0717. The lowest BCUT2D eigenvalue weighted by molar-refractivity contribution is 0.538. The van der Waals surface area contributed by atoms with Crippen molar-refractivity contribution in [1.29, 1.82) is 0 Å². The molecular weight excluding hydrogens is 264 g/mol. The molecule has 1 aliphatic rings. The fourth-order valence-electron chi connectivity index (χ4n) is 1.73. The number of sulfone groups is 1. The Morgan fingerprint density at radius 2 is 1.88 bits per heavy atom. The molecule has 1 saturated heterocycles. The molecule has 1 atom stereocenters. The van der Waals surface area contributed by atoms with Crippen molar-refractivity contribution in [3.05, 3.63) is 0 Å². The van der Waals surface area contributed by atoms with Crippen LogP contribution in [0.3, 0.4) is 0 Å². The third-order valence-corrected chi connectivity index (χ3v) is 6.51. The number of hydrogen-bond acceptors (Lipinski definition) is 5. The number of rotatable bonds is 5. The van der Waals surface area contributed by atoms with Gasteiger partial charge in [-0.05, 0) is 26.2 Å². The van der Waals surface area contributed by atoms with Gasteiger partial charge in [0.25, 0.3) is 0 Å². The van der Waals surface area contributed by atoms with Crippen LogP contribution in [-0.4, -0.2) is 46.2 Å². The molecule has 8 heteroatoms. The van der Waals surface area contributed by atoms with Crippen LogP contribution in [0.15, 0.2) is 0 Å². The van der Waals surface area contributed by atoms with Gasteiger partial charge in [-0.15, -0.1) is 0 Å². The van der Waals surface area contributed by atoms with Crippen molar-refractivity contribution >= 4 is 19.9 Å². The van der Waals surface area contributed by atoms with Crippen LogP contribution in [-0.2, 0) is 19.9 Å². The van der Waals surface area contributed by atoms with Crippen LogP contribution in [0.25, 0.3) is 0 Å². The fraction of sp³-hybridized carbons (Fsp3) is 1.00. The third kappa shape index (κ3) is 4.90. The largest absolute Gasteiger partial charge is 0.328 e. The molecule has 17 heavy (non-hydrogen) atoms. The molecule has 0 amide bonds. The maximum absolute atomic E-state index is 11.8. The molecular formula is C9H20N2O4S2. The molecule has 3 N–H and O–H groups in total. The van der Waals surface area contributed by atoms with E-state index in [0.717, 1.165) is 0 Å². The highest BCUT2D eigenvalue weighted by atomic mass is 32.2. The van der Waals surface area contributed by atoms with E-state index in [2.05, 4.69) is 4.72 Å². The molecule has 1 rings (SSSR count). The first kappa shape index (κ1) is 14.9. The lowest BCUT2D eigenvalue weighted by Gasteiger charge is -2.22. The molecule has 0 radical (unpaired) electrons. The fourth-order valence-corrected chi connectivity index (χ4v) is 5.01. The summed E-state index contributed by atoms with van der Waals surface area (Å²) < 4.78 is 48.5. The topological polar surface area (TPSA) is 106 Å². The van der Waals surface area contributed by atoms with Gasteiger partial charge in [-0.25, -0.2) is 21.6 Å². The number of hydrogen-bond donors (Lipinski definition) is 2. The molecule has 6 nitrogen and oxygen atoms in total. The van der Waals surface area contributed by atoms with Gasteiger partial charge in [0.05, 0.1) is 16.8 Å². The molecule has 1 unspecified atom stereocenters. The van der Waals surface area contributed by atoms with Gasteiger partial charge in [0.1, 0.15) is 9.84 Å². The normalized spacial score (nSPS) is 23.4. The summed E-state index contributed by atoms with van der Waals surface area (Å²) in [4.78, 5) is 0. The summed E-state index contributed by atoms with van der Waals surface area (Å²) in [7, 11) is -6.42.